The first kappa shape index (κ1) is 28.9. The third-order valence-electron chi connectivity index (χ3n) is 7.90. The number of hydrogen-bond donors (Lipinski definition) is 3. The van der Waals surface area contributed by atoms with Crippen molar-refractivity contribution in [3.05, 3.63) is 59.7 Å². The number of nitrogens with zero attached hydrogens (tertiary/aromatic N) is 2. The van der Waals surface area contributed by atoms with E-state index in [9.17, 15) is 14.7 Å². The third kappa shape index (κ3) is 8.19. The molecule has 2 aliphatic rings. The van der Waals surface area contributed by atoms with Crippen molar-refractivity contribution in [2.75, 3.05) is 32.1 Å². The lowest BCUT2D eigenvalue weighted by Crippen LogP contribution is -2.47. The van der Waals surface area contributed by atoms with E-state index in [1.54, 1.807) is 4.90 Å². The number of aliphatic hydroxyl groups excluding tert-OH is 1. The molecule has 212 valence electrons. The molecule has 1 heterocycles. The first-order chi connectivity index (χ1) is 18.8. The average molecular weight is 537 g/mol. The van der Waals surface area contributed by atoms with Gasteiger partial charge in [-0.1, -0.05) is 56.5 Å². The molecule has 0 aromatic heterocycles. The molecule has 1 fully saturated rings. The van der Waals surface area contributed by atoms with Crippen LogP contribution in [0.2, 0.25) is 0 Å². The van der Waals surface area contributed by atoms with Gasteiger partial charge in [0.25, 0.3) is 0 Å². The van der Waals surface area contributed by atoms with Gasteiger partial charge in [0.1, 0.15) is 11.9 Å². The molecule has 0 spiro atoms. The van der Waals surface area contributed by atoms with E-state index < -0.39 is 0 Å². The Morgan fingerprint density at radius 3 is 2.62 bits per heavy atom. The third-order valence-corrected chi connectivity index (χ3v) is 7.90. The molecule has 39 heavy (non-hydrogen) atoms. The van der Waals surface area contributed by atoms with Gasteiger partial charge in [-0.05, 0) is 50.6 Å². The second kappa shape index (κ2) is 13.8. The normalized spacial score (nSPS) is 21.3. The molecular formula is C31H44N4O4. The number of urea groups is 1. The Kier molecular flexibility index (Phi) is 10.2. The van der Waals surface area contributed by atoms with Crippen LogP contribution in [0.5, 0.6) is 5.75 Å². The Labute approximate surface area is 232 Å². The summed E-state index contributed by atoms with van der Waals surface area (Å²) in [6.07, 6.45) is 5.50. The van der Waals surface area contributed by atoms with E-state index in [2.05, 4.69) is 41.6 Å². The number of benzene rings is 2. The van der Waals surface area contributed by atoms with Crippen LogP contribution in [0.3, 0.4) is 0 Å². The summed E-state index contributed by atoms with van der Waals surface area (Å²) in [7, 11) is 2.08. The molecule has 4 rings (SSSR count). The van der Waals surface area contributed by atoms with Crippen LogP contribution in [0.25, 0.3) is 0 Å². The van der Waals surface area contributed by atoms with Crippen molar-refractivity contribution in [3.8, 4) is 5.75 Å². The summed E-state index contributed by atoms with van der Waals surface area (Å²) in [5.41, 5.74) is 2.59. The molecule has 3 amide bonds. The fourth-order valence-corrected chi connectivity index (χ4v) is 5.59. The van der Waals surface area contributed by atoms with Gasteiger partial charge in [-0.25, -0.2) is 4.79 Å². The number of rotatable bonds is 8. The summed E-state index contributed by atoms with van der Waals surface area (Å²) in [5.74, 6) is 0.631. The lowest BCUT2D eigenvalue weighted by molar-refractivity contribution is -0.134. The van der Waals surface area contributed by atoms with E-state index in [4.69, 9.17) is 4.74 Å². The minimum absolute atomic E-state index is 0.0335. The van der Waals surface area contributed by atoms with Gasteiger partial charge in [-0.3, -0.25) is 9.69 Å². The number of fused-ring (bicyclic) bond motifs is 1. The first-order valence-electron chi connectivity index (χ1n) is 14.3. The predicted molar refractivity (Wildman–Crippen MR) is 154 cm³/mol. The van der Waals surface area contributed by atoms with Gasteiger partial charge in [0, 0.05) is 42.8 Å². The van der Waals surface area contributed by atoms with Crippen LogP contribution >= 0.6 is 0 Å². The van der Waals surface area contributed by atoms with Gasteiger partial charge in [0.15, 0.2) is 0 Å². The highest BCUT2D eigenvalue weighted by atomic mass is 16.5. The Morgan fingerprint density at radius 2 is 1.90 bits per heavy atom. The Morgan fingerprint density at radius 1 is 1.15 bits per heavy atom. The lowest BCUT2D eigenvalue weighted by Gasteiger charge is -2.34. The van der Waals surface area contributed by atoms with Crippen molar-refractivity contribution in [2.45, 2.75) is 77.1 Å². The molecule has 8 heteroatoms. The number of hydrogen-bond acceptors (Lipinski definition) is 5. The van der Waals surface area contributed by atoms with Crippen molar-refractivity contribution < 1.29 is 19.4 Å². The number of amides is 3. The smallest absolute Gasteiger partial charge is 0.319 e. The van der Waals surface area contributed by atoms with Crippen LogP contribution in [0.4, 0.5) is 10.5 Å². The minimum atomic E-state index is -0.299. The summed E-state index contributed by atoms with van der Waals surface area (Å²) in [6.45, 7) is 5.82. The first-order valence-corrected chi connectivity index (χ1v) is 14.3. The molecule has 0 saturated heterocycles. The van der Waals surface area contributed by atoms with Gasteiger partial charge in [0.05, 0.1) is 19.1 Å². The number of nitrogens with one attached hydrogen (secondary N) is 2. The molecule has 3 atom stereocenters. The Balaban J connectivity index is 1.53. The summed E-state index contributed by atoms with van der Waals surface area (Å²) >= 11 is 0. The van der Waals surface area contributed by atoms with Crippen molar-refractivity contribution >= 4 is 17.6 Å². The zero-order valence-electron chi connectivity index (χ0n) is 23.6. The fraction of sp³-hybridized carbons (Fsp3) is 0.548. The van der Waals surface area contributed by atoms with Crippen molar-refractivity contribution in [1.29, 1.82) is 0 Å². The maximum Gasteiger partial charge on any atom is 0.319 e. The molecule has 0 unspecified atom stereocenters. The van der Waals surface area contributed by atoms with E-state index in [0.717, 1.165) is 37.8 Å². The topological polar surface area (TPSA) is 94.1 Å². The number of aliphatic hydroxyl groups is 1. The molecule has 1 saturated carbocycles. The Bertz CT molecular complexity index is 1090. The van der Waals surface area contributed by atoms with Gasteiger partial charge in [-0.2, -0.15) is 0 Å². The number of anilines is 1. The van der Waals surface area contributed by atoms with Gasteiger partial charge < -0.3 is 25.4 Å². The number of carbonyl (C=O) groups excluding carboxylic acids is 2. The zero-order valence-corrected chi connectivity index (χ0v) is 23.6. The number of likely N-dealkylation sites (N-methyl/N-ethyl adjacent to an activating group) is 1. The highest BCUT2D eigenvalue weighted by Crippen LogP contribution is 2.29. The number of carbonyl (C=O) groups is 2. The quantitative estimate of drug-likeness (QED) is 0.464. The fourth-order valence-electron chi connectivity index (χ4n) is 5.59. The van der Waals surface area contributed by atoms with Crippen LogP contribution in [0.15, 0.2) is 48.5 Å². The molecule has 1 aliphatic heterocycles. The van der Waals surface area contributed by atoms with Crippen molar-refractivity contribution in [3.63, 3.8) is 0 Å². The predicted octanol–water partition coefficient (Wildman–Crippen LogP) is 4.42. The standard InChI is InChI=1S/C31H44N4O4/c1-22-18-35(23(2)21-36)30(37)17-25-16-27(33-31(38)32-26-12-8-5-9-13-26)14-15-28(25)39-29(22)20-34(3)19-24-10-6-4-7-11-24/h4,6-7,10-11,14-16,22-23,26,29,36H,5,8-9,12-13,17-21H2,1-3H3,(H2,32,33,38)/t22-,23+,29+/m0/s1. The summed E-state index contributed by atoms with van der Waals surface area (Å²) < 4.78 is 6.62. The molecule has 2 aromatic rings. The van der Waals surface area contributed by atoms with E-state index in [1.165, 1.54) is 12.0 Å². The van der Waals surface area contributed by atoms with Gasteiger partial charge >= 0.3 is 6.03 Å². The molecule has 2 aromatic carbocycles. The Hall–Kier alpha value is -3.10. The molecule has 3 N–H and O–H groups in total. The van der Waals surface area contributed by atoms with Crippen molar-refractivity contribution in [2.24, 2.45) is 5.92 Å². The van der Waals surface area contributed by atoms with Crippen LogP contribution in [0, 0.1) is 5.92 Å². The largest absolute Gasteiger partial charge is 0.488 e. The maximum absolute atomic E-state index is 13.4. The number of ether oxygens (including phenoxy) is 1. The maximum atomic E-state index is 13.4. The molecule has 1 aliphatic carbocycles. The van der Waals surface area contributed by atoms with E-state index >= 15 is 0 Å². The van der Waals surface area contributed by atoms with Crippen LogP contribution in [0.1, 0.15) is 57.1 Å². The molecule has 0 radical (unpaired) electrons. The van der Waals surface area contributed by atoms with Crippen LogP contribution < -0.4 is 15.4 Å². The highest BCUT2D eigenvalue weighted by Gasteiger charge is 2.31. The van der Waals surface area contributed by atoms with E-state index in [-0.39, 0.29) is 49.1 Å². The minimum Gasteiger partial charge on any atom is -0.488 e. The van der Waals surface area contributed by atoms with Crippen molar-refractivity contribution in [1.82, 2.24) is 15.1 Å². The monoisotopic (exact) mass is 536 g/mol. The molecular weight excluding hydrogens is 492 g/mol. The van der Waals surface area contributed by atoms with Crippen LogP contribution in [-0.2, 0) is 17.8 Å². The van der Waals surface area contributed by atoms with Crippen LogP contribution in [-0.4, -0.2) is 71.8 Å². The van der Waals surface area contributed by atoms with Gasteiger partial charge in [0.2, 0.25) is 5.91 Å². The molecule has 0 bridgehead atoms. The second-order valence-corrected chi connectivity index (χ2v) is 11.3. The van der Waals surface area contributed by atoms with E-state index in [1.807, 2.05) is 43.3 Å². The molecule has 8 nitrogen and oxygen atoms in total. The zero-order chi connectivity index (χ0) is 27.8. The van der Waals surface area contributed by atoms with Gasteiger partial charge in [-0.15, -0.1) is 0 Å². The average Bonchev–Trinajstić information content (AvgIpc) is 2.97. The van der Waals surface area contributed by atoms with E-state index in [0.29, 0.717) is 24.5 Å². The SMILES string of the molecule is C[C@H](CO)N1C[C@H](C)[C@@H](CN(C)Cc2ccccc2)Oc2ccc(NC(=O)NC3CCCCC3)cc2CC1=O. The second-order valence-electron chi connectivity index (χ2n) is 11.3. The summed E-state index contributed by atoms with van der Waals surface area (Å²) in [5, 5.41) is 15.9. The summed E-state index contributed by atoms with van der Waals surface area (Å²) in [4.78, 5) is 30.1. The lowest BCUT2D eigenvalue weighted by atomic mass is 9.96. The summed E-state index contributed by atoms with van der Waals surface area (Å²) in [6, 6.07) is 15.6. The highest BCUT2D eigenvalue weighted by molar-refractivity contribution is 5.90.